The van der Waals surface area contributed by atoms with Crippen molar-refractivity contribution in [2.75, 3.05) is 7.11 Å². The van der Waals surface area contributed by atoms with E-state index in [-0.39, 0.29) is 5.41 Å². The summed E-state index contributed by atoms with van der Waals surface area (Å²) in [6.45, 7) is 16.3. The summed E-state index contributed by atoms with van der Waals surface area (Å²) in [5, 5.41) is 0. The van der Waals surface area contributed by atoms with E-state index in [1.807, 2.05) is 7.11 Å². The van der Waals surface area contributed by atoms with Crippen LogP contribution in [-0.4, -0.2) is 7.11 Å². The molecule has 1 aliphatic carbocycles. The summed E-state index contributed by atoms with van der Waals surface area (Å²) in [7, 11) is 1.89. The minimum atomic E-state index is -0.490. The Hall–Kier alpha value is -2.12. The molecule has 184 valence electrons. The van der Waals surface area contributed by atoms with Crippen LogP contribution in [0.15, 0.2) is 66.8 Å². The molecule has 0 N–H and O–H groups in total. The number of methoxy groups -OCH3 is 1. The molecule has 0 aliphatic heterocycles. The summed E-state index contributed by atoms with van der Waals surface area (Å²) in [5.74, 6) is 1.58. The topological polar surface area (TPSA) is 9.23 Å². The molecule has 0 bridgehead atoms. The highest BCUT2D eigenvalue weighted by molar-refractivity contribution is 5.79. The van der Waals surface area contributed by atoms with Crippen LogP contribution in [0.1, 0.15) is 83.6 Å². The second-order valence-electron chi connectivity index (χ2n) is 11.4. The third kappa shape index (κ3) is 5.10. The van der Waals surface area contributed by atoms with Gasteiger partial charge in [-0.05, 0) is 70.9 Å². The zero-order valence-corrected chi connectivity index (χ0v) is 22.8. The lowest BCUT2D eigenvalue weighted by molar-refractivity contribution is -0.0917. The van der Waals surface area contributed by atoms with Gasteiger partial charge in [0.05, 0.1) is 0 Å². The molecule has 34 heavy (non-hydrogen) atoms. The van der Waals surface area contributed by atoms with Gasteiger partial charge in [0.1, 0.15) is 5.60 Å². The van der Waals surface area contributed by atoms with Crippen molar-refractivity contribution in [2.24, 2.45) is 23.2 Å². The van der Waals surface area contributed by atoms with Crippen molar-refractivity contribution in [3.05, 3.63) is 89.0 Å². The second-order valence-corrected chi connectivity index (χ2v) is 11.4. The van der Waals surface area contributed by atoms with Crippen molar-refractivity contribution >= 4 is 5.57 Å². The fourth-order valence-electron chi connectivity index (χ4n) is 6.09. The van der Waals surface area contributed by atoms with Gasteiger partial charge in [0.2, 0.25) is 0 Å². The number of hydrogen-bond donors (Lipinski definition) is 0. The standard InChI is InChI=1S/C33H46O/c1-9-13-27-16-17-31(29(21-27)20-24(2)3)28-18-19-33(34-8,30-14-11-10-12-15-30)32(23-28,26(6)7)22-25(4)5/h10-12,14-19,21,23-26H,9,13,20,22H2,1-8H3. The van der Waals surface area contributed by atoms with Crippen molar-refractivity contribution in [3.63, 3.8) is 0 Å². The van der Waals surface area contributed by atoms with E-state index < -0.39 is 5.60 Å². The Bertz CT molecular complexity index is 994. The molecule has 0 saturated carbocycles. The van der Waals surface area contributed by atoms with Gasteiger partial charge in [0, 0.05) is 12.5 Å². The molecule has 1 heteroatoms. The Morgan fingerprint density at radius 2 is 1.59 bits per heavy atom. The number of hydrogen-bond acceptors (Lipinski definition) is 1. The molecular weight excluding hydrogens is 412 g/mol. The van der Waals surface area contributed by atoms with Gasteiger partial charge in [0.25, 0.3) is 0 Å². The van der Waals surface area contributed by atoms with Gasteiger partial charge < -0.3 is 4.74 Å². The molecule has 0 amide bonds. The first-order chi connectivity index (χ1) is 16.2. The van der Waals surface area contributed by atoms with E-state index in [0.29, 0.717) is 17.8 Å². The number of rotatable bonds is 10. The highest BCUT2D eigenvalue weighted by atomic mass is 16.5. The molecule has 2 unspecified atom stereocenters. The minimum absolute atomic E-state index is 0.154. The first-order valence-corrected chi connectivity index (χ1v) is 13.3. The summed E-state index contributed by atoms with van der Waals surface area (Å²) >= 11 is 0. The number of allylic oxidation sites excluding steroid dienone is 2. The second kappa shape index (κ2) is 11.1. The Morgan fingerprint density at radius 3 is 2.15 bits per heavy atom. The molecule has 1 aliphatic rings. The van der Waals surface area contributed by atoms with E-state index in [1.165, 1.54) is 34.2 Å². The van der Waals surface area contributed by atoms with Crippen LogP contribution in [0.2, 0.25) is 0 Å². The average molecular weight is 459 g/mol. The van der Waals surface area contributed by atoms with Crippen LogP contribution < -0.4 is 0 Å². The maximum atomic E-state index is 6.54. The summed E-state index contributed by atoms with van der Waals surface area (Å²) in [5.41, 5.74) is 6.25. The van der Waals surface area contributed by atoms with Crippen LogP contribution in [-0.2, 0) is 23.2 Å². The summed E-state index contributed by atoms with van der Waals surface area (Å²) in [6, 6.07) is 18.0. The maximum absolute atomic E-state index is 6.54. The highest BCUT2D eigenvalue weighted by Gasteiger charge is 2.53. The van der Waals surface area contributed by atoms with E-state index in [4.69, 9.17) is 4.74 Å². The third-order valence-electron chi connectivity index (χ3n) is 7.55. The Morgan fingerprint density at radius 1 is 0.882 bits per heavy atom. The van der Waals surface area contributed by atoms with E-state index in [0.717, 1.165) is 19.3 Å². The van der Waals surface area contributed by atoms with Crippen LogP contribution in [0.4, 0.5) is 0 Å². The lowest BCUT2D eigenvalue weighted by Gasteiger charge is -2.52. The maximum Gasteiger partial charge on any atom is 0.120 e. The molecule has 2 aromatic carbocycles. The van der Waals surface area contributed by atoms with Crippen LogP contribution in [0.5, 0.6) is 0 Å². The molecular formula is C33H46O. The molecule has 0 spiro atoms. The van der Waals surface area contributed by atoms with Gasteiger partial charge in [-0.3, -0.25) is 0 Å². The number of aryl methyl sites for hydroxylation is 1. The normalized spacial score (nSPS) is 22.6. The average Bonchev–Trinajstić information content (AvgIpc) is 2.79. The number of benzene rings is 2. The van der Waals surface area contributed by atoms with E-state index in [2.05, 4.69) is 115 Å². The molecule has 0 aromatic heterocycles. The van der Waals surface area contributed by atoms with Crippen molar-refractivity contribution in [1.82, 2.24) is 0 Å². The smallest absolute Gasteiger partial charge is 0.120 e. The largest absolute Gasteiger partial charge is 0.368 e. The predicted octanol–water partition coefficient (Wildman–Crippen LogP) is 9.02. The predicted molar refractivity (Wildman–Crippen MR) is 148 cm³/mol. The zero-order valence-electron chi connectivity index (χ0n) is 22.8. The third-order valence-corrected chi connectivity index (χ3v) is 7.55. The molecule has 0 heterocycles. The molecule has 1 nitrogen and oxygen atoms in total. The van der Waals surface area contributed by atoms with Gasteiger partial charge in [0.15, 0.2) is 0 Å². The lowest BCUT2D eigenvalue weighted by atomic mass is 9.56. The molecule has 2 atom stereocenters. The molecule has 2 aromatic rings. The quantitative estimate of drug-likeness (QED) is 0.345. The Balaban J connectivity index is 2.25. The fraction of sp³-hybridized carbons (Fsp3) is 0.515. The van der Waals surface area contributed by atoms with Crippen LogP contribution in [0.25, 0.3) is 5.57 Å². The van der Waals surface area contributed by atoms with Crippen LogP contribution in [0.3, 0.4) is 0 Å². The molecule has 0 saturated heterocycles. The molecule has 0 radical (unpaired) electrons. The van der Waals surface area contributed by atoms with E-state index in [1.54, 1.807) is 0 Å². The first kappa shape index (κ1) is 26.5. The van der Waals surface area contributed by atoms with Crippen molar-refractivity contribution in [3.8, 4) is 0 Å². The Kier molecular flexibility index (Phi) is 8.63. The summed E-state index contributed by atoms with van der Waals surface area (Å²) in [6.07, 6.45) is 11.8. The molecule has 3 rings (SSSR count). The van der Waals surface area contributed by atoms with Gasteiger partial charge in [-0.15, -0.1) is 0 Å². The first-order valence-electron chi connectivity index (χ1n) is 13.3. The van der Waals surface area contributed by atoms with Crippen LogP contribution >= 0.6 is 0 Å². The SMILES string of the molecule is CCCc1ccc(C2=CC(CC(C)C)(C(C)C)C(OC)(c3ccccc3)C=C2)c(CC(C)C)c1. The van der Waals surface area contributed by atoms with Crippen molar-refractivity contribution < 1.29 is 4.74 Å². The zero-order chi connectivity index (χ0) is 24.9. The molecule has 0 fully saturated rings. The van der Waals surface area contributed by atoms with Gasteiger partial charge in [-0.25, -0.2) is 0 Å². The Labute approximate surface area is 209 Å². The van der Waals surface area contributed by atoms with Crippen molar-refractivity contribution in [2.45, 2.75) is 79.8 Å². The monoisotopic (exact) mass is 458 g/mol. The number of ether oxygens (including phenoxy) is 1. The van der Waals surface area contributed by atoms with Crippen molar-refractivity contribution in [1.29, 1.82) is 0 Å². The van der Waals surface area contributed by atoms with Gasteiger partial charge >= 0.3 is 0 Å². The lowest BCUT2D eigenvalue weighted by Crippen LogP contribution is -2.50. The van der Waals surface area contributed by atoms with Gasteiger partial charge in [-0.1, -0.05) is 116 Å². The minimum Gasteiger partial charge on any atom is -0.368 e. The van der Waals surface area contributed by atoms with E-state index in [9.17, 15) is 0 Å². The fourth-order valence-corrected chi connectivity index (χ4v) is 6.09. The van der Waals surface area contributed by atoms with Crippen LogP contribution in [0, 0.1) is 23.2 Å². The van der Waals surface area contributed by atoms with Gasteiger partial charge in [-0.2, -0.15) is 0 Å². The van der Waals surface area contributed by atoms with E-state index >= 15 is 0 Å². The highest BCUT2D eigenvalue weighted by Crippen LogP contribution is 2.57. The summed E-state index contributed by atoms with van der Waals surface area (Å²) < 4.78 is 6.54. The summed E-state index contributed by atoms with van der Waals surface area (Å²) in [4.78, 5) is 0.